The van der Waals surface area contributed by atoms with Crippen molar-refractivity contribution in [3.8, 4) is 0 Å². The van der Waals surface area contributed by atoms with Gasteiger partial charge in [-0.15, -0.1) is 0 Å². The lowest BCUT2D eigenvalue weighted by Crippen LogP contribution is -2.50. The molecule has 0 aliphatic carbocycles. The van der Waals surface area contributed by atoms with Crippen LogP contribution in [0.25, 0.3) is 0 Å². The van der Waals surface area contributed by atoms with E-state index in [0.29, 0.717) is 10.0 Å². The Hall–Kier alpha value is -2.11. The normalized spacial score (nSPS) is 12.9. The molecule has 156 valence electrons. The summed E-state index contributed by atoms with van der Waals surface area (Å²) >= 11 is 12.1. The number of rotatable bonds is 8. The molecule has 0 spiro atoms. The van der Waals surface area contributed by atoms with Gasteiger partial charge in [-0.3, -0.25) is 9.59 Å². The van der Waals surface area contributed by atoms with Crippen LogP contribution in [0, 0.1) is 5.82 Å². The molecular weight excluding hydrogens is 414 g/mol. The standard InChI is InChI=1S/C22H25Cl2FN2O2/c1-4-14(2)26-22(29)15(3)27(13-16-9-10-18(23)19(24)11-16)21(28)12-17-7-5-6-8-20(17)25/h5-11,14-15H,4,12-13H2,1-3H3,(H,26,29). The van der Waals surface area contributed by atoms with E-state index in [9.17, 15) is 14.0 Å². The van der Waals surface area contributed by atoms with E-state index in [2.05, 4.69) is 5.32 Å². The first-order valence-electron chi connectivity index (χ1n) is 9.50. The fourth-order valence-electron chi connectivity index (χ4n) is 2.79. The van der Waals surface area contributed by atoms with E-state index in [1.807, 2.05) is 13.8 Å². The molecule has 0 saturated carbocycles. The summed E-state index contributed by atoms with van der Waals surface area (Å²) < 4.78 is 14.0. The number of benzene rings is 2. The van der Waals surface area contributed by atoms with Crippen LogP contribution in [-0.4, -0.2) is 28.8 Å². The highest BCUT2D eigenvalue weighted by atomic mass is 35.5. The van der Waals surface area contributed by atoms with Crippen LogP contribution in [0.4, 0.5) is 4.39 Å². The largest absolute Gasteiger partial charge is 0.352 e. The molecular formula is C22H25Cl2FN2O2. The summed E-state index contributed by atoms with van der Waals surface area (Å²) in [6, 6.07) is 10.4. The van der Waals surface area contributed by atoms with Gasteiger partial charge in [-0.1, -0.05) is 54.4 Å². The molecule has 2 aromatic carbocycles. The lowest BCUT2D eigenvalue weighted by atomic mass is 10.1. The number of carbonyl (C=O) groups excluding carboxylic acids is 2. The maximum absolute atomic E-state index is 14.0. The second-order valence-electron chi connectivity index (χ2n) is 7.03. The molecule has 0 fully saturated rings. The van der Waals surface area contributed by atoms with Crippen molar-refractivity contribution in [2.24, 2.45) is 0 Å². The van der Waals surface area contributed by atoms with Gasteiger partial charge in [-0.25, -0.2) is 4.39 Å². The van der Waals surface area contributed by atoms with E-state index in [-0.39, 0.29) is 36.4 Å². The Kier molecular flexibility index (Phi) is 8.47. The van der Waals surface area contributed by atoms with Crippen LogP contribution < -0.4 is 5.32 Å². The zero-order chi connectivity index (χ0) is 21.6. The maximum Gasteiger partial charge on any atom is 0.242 e. The predicted molar refractivity (Wildman–Crippen MR) is 114 cm³/mol. The molecule has 2 amide bonds. The number of hydrogen-bond donors (Lipinski definition) is 1. The number of carbonyl (C=O) groups is 2. The highest BCUT2D eigenvalue weighted by Crippen LogP contribution is 2.24. The summed E-state index contributed by atoms with van der Waals surface area (Å²) in [5.74, 6) is -1.07. The van der Waals surface area contributed by atoms with Crippen molar-refractivity contribution in [1.82, 2.24) is 10.2 Å². The third-order valence-electron chi connectivity index (χ3n) is 4.80. The summed E-state index contributed by atoms with van der Waals surface area (Å²) in [6.45, 7) is 5.68. The van der Waals surface area contributed by atoms with E-state index < -0.39 is 11.9 Å². The number of amides is 2. The lowest BCUT2D eigenvalue weighted by Gasteiger charge is -2.30. The van der Waals surface area contributed by atoms with Gasteiger partial charge in [0.2, 0.25) is 11.8 Å². The van der Waals surface area contributed by atoms with Crippen molar-refractivity contribution < 1.29 is 14.0 Å². The molecule has 0 aliphatic heterocycles. The SMILES string of the molecule is CCC(C)NC(=O)C(C)N(Cc1ccc(Cl)c(Cl)c1)C(=O)Cc1ccccc1F. The zero-order valence-electron chi connectivity index (χ0n) is 16.7. The molecule has 7 heteroatoms. The Labute approximate surface area is 181 Å². The summed E-state index contributed by atoms with van der Waals surface area (Å²) in [5.41, 5.74) is 1.01. The fraction of sp³-hybridized carbons (Fsp3) is 0.364. The summed E-state index contributed by atoms with van der Waals surface area (Å²) in [4.78, 5) is 27.1. The molecule has 0 saturated heterocycles. The molecule has 0 bridgehead atoms. The molecule has 0 aromatic heterocycles. The second-order valence-corrected chi connectivity index (χ2v) is 7.85. The molecule has 0 heterocycles. The highest BCUT2D eigenvalue weighted by Gasteiger charge is 2.27. The van der Waals surface area contributed by atoms with E-state index >= 15 is 0 Å². The van der Waals surface area contributed by atoms with Gasteiger partial charge in [0.05, 0.1) is 16.5 Å². The van der Waals surface area contributed by atoms with Crippen LogP contribution >= 0.6 is 23.2 Å². The smallest absolute Gasteiger partial charge is 0.242 e. The van der Waals surface area contributed by atoms with E-state index in [1.54, 1.807) is 43.3 Å². The summed E-state index contributed by atoms with van der Waals surface area (Å²) in [7, 11) is 0. The first-order valence-corrected chi connectivity index (χ1v) is 10.3. The minimum absolute atomic E-state index is 0.0153. The molecule has 2 atom stereocenters. The van der Waals surface area contributed by atoms with Crippen LogP contribution in [0.1, 0.15) is 38.3 Å². The van der Waals surface area contributed by atoms with Crippen LogP contribution in [-0.2, 0) is 22.6 Å². The summed E-state index contributed by atoms with van der Waals surface area (Å²) in [5, 5.41) is 3.66. The Balaban J connectivity index is 2.28. The minimum atomic E-state index is -0.738. The third kappa shape index (κ3) is 6.44. The number of halogens is 3. The average molecular weight is 439 g/mol. The molecule has 2 aromatic rings. The molecule has 1 N–H and O–H groups in total. The number of nitrogens with one attached hydrogen (secondary N) is 1. The Morgan fingerprint density at radius 3 is 2.41 bits per heavy atom. The van der Waals surface area contributed by atoms with Crippen LogP contribution in [0.5, 0.6) is 0 Å². The third-order valence-corrected chi connectivity index (χ3v) is 5.54. The predicted octanol–water partition coefficient (Wildman–Crippen LogP) is 5.01. The van der Waals surface area contributed by atoms with Crippen molar-refractivity contribution in [3.63, 3.8) is 0 Å². The van der Waals surface area contributed by atoms with Gasteiger partial charge in [0, 0.05) is 12.6 Å². The van der Waals surface area contributed by atoms with Crippen LogP contribution in [0.3, 0.4) is 0 Å². The van der Waals surface area contributed by atoms with Crippen molar-refractivity contribution >= 4 is 35.0 Å². The minimum Gasteiger partial charge on any atom is -0.352 e. The van der Waals surface area contributed by atoms with E-state index in [0.717, 1.165) is 12.0 Å². The van der Waals surface area contributed by atoms with Gasteiger partial charge < -0.3 is 10.2 Å². The van der Waals surface area contributed by atoms with E-state index in [4.69, 9.17) is 23.2 Å². The Morgan fingerprint density at radius 1 is 1.10 bits per heavy atom. The first kappa shape index (κ1) is 23.2. The molecule has 0 aliphatic rings. The van der Waals surface area contributed by atoms with Gasteiger partial charge in [-0.2, -0.15) is 0 Å². The van der Waals surface area contributed by atoms with Crippen molar-refractivity contribution in [2.75, 3.05) is 0 Å². The first-order chi connectivity index (χ1) is 13.7. The van der Waals surface area contributed by atoms with Gasteiger partial charge >= 0.3 is 0 Å². The Bertz CT molecular complexity index is 876. The lowest BCUT2D eigenvalue weighted by molar-refractivity contribution is -0.140. The zero-order valence-corrected chi connectivity index (χ0v) is 18.2. The monoisotopic (exact) mass is 438 g/mol. The second kappa shape index (κ2) is 10.6. The van der Waals surface area contributed by atoms with Crippen LogP contribution in [0.15, 0.2) is 42.5 Å². The number of hydrogen-bond acceptors (Lipinski definition) is 2. The van der Waals surface area contributed by atoms with Crippen molar-refractivity contribution in [3.05, 3.63) is 69.5 Å². The average Bonchev–Trinajstić information content (AvgIpc) is 2.69. The topological polar surface area (TPSA) is 49.4 Å². The Morgan fingerprint density at radius 2 is 1.79 bits per heavy atom. The molecule has 29 heavy (non-hydrogen) atoms. The van der Waals surface area contributed by atoms with Gasteiger partial charge in [0.25, 0.3) is 0 Å². The van der Waals surface area contributed by atoms with Crippen molar-refractivity contribution in [1.29, 1.82) is 0 Å². The molecule has 0 radical (unpaired) electrons. The van der Waals surface area contributed by atoms with Crippen LogP contribution in [0.2, 0.25) is 10.0 Å². The molecule has 4 nitrogen and oxygen atoms in total. The van der Waals surface area contributed by atoms with Gasteiger partial charge in [0.15, 0.2) is 0 Å². The quantitative estimate of drug-likeness (QED) is 0.629. The molecule has 2 rings (SSSR count). The number of nitrogens with zero attached hydrogens (tertiary/aromatic N) is 1. The van der Waals surface area contributed by atoms with Gasteiger partial charge in [-0.05, 0) is 49.6 Å². The van der Waals surface area contributed by atoms with Crippen molar-refractivity contribution in [2.45, 2.75) is 52.2 Å². The highest BCUT2D eigenvalue weighted by molar-refractivity contribution is 6.42. The summed E-state index contributed by atoms with van der Waals surface area (Å²) in [6.07, 6.45) is 0.628. The maximum atomic E-state index is 14.0. The fourth-order valence-corrected chi connectivity index (χ4v) is 3.11. The molecule has 2 unspecified atom stereocenters. The van der Waals surface area contributed by atoms with Gasteiger partial charge in [0.1, 0.15) is 11.9 Å². The van der Waals surface area contributed by atoms with E-state index in [1.165, 1.54) is 11.0 Å².